The van der Waals surface area contributed by atoms with E-state index in [4.69, 9.17) is 9.47 Å². The van der Waals surface area contributed by atoms with E-state index >= 15 is 0 Å². The molecule has 22 heavy (non-hydrogen) atoms. The minimum atomic E-state index is -0.403. The van der Waals surface area contributed by atoms with E-state index in [2.05, 4.69) is 10.6 Å². The van der Waals surface area contributed by atoms with Crippen LogP contribution in [-0.2, 0) is 0 Å². The van der Waals surface area contributed by atoms with Gasteiger partial charge in [0, 0.05) is 31.1 Å². The third-order valence-corrected chi connectivity index (χ3v) is 3.63. The van der Waals surface area contributed by atoms with Crippen molar-refractivity contribution in [2.75, 3.05) is 32.8 Å². The van der Waals surface area contributed by atoms with Gasteiger partial charge in [-0.2, -0.15) is 0 Å². The molecule has 0 saturated carbocycles. The molecule has 1 aromatic rings. The molecule has 0 bridgehead atoms. The van der Waals surface area contributed by atoms with Gasteiger partial charge in [-0.15, -0.1) is 0 Å². The summed E-state index contributed by atoms with van der Waals surface area (Å²) in [6.45, 7) is 6.58. The number of aliphatic hydroxyl groups is 1. The van der Waals surface area contributed by atoms with Crippen LogP contribution in [0.4, 0.5) is 0 Å². The van der Waals surface area contributed by atoms with E-state index in [0.29, 0.717) is 43.4 Å². The predicted octanol–water partition coefficient (Wildman–Crippen LogP) is 0.794. The van der Waals surface area contributed by atoms with Crippen LogP contribution in [0.5, 0.6) is 11.5 Å². The summed E-state index contributed by atoms with van der Waals surface area (Å²) in [6.07, 6.45) is -0.403. The van der Waals surface area contributed by atoms with Crippen molar-refractivity contribution >= 4 is 5.91 Å². The molecule has 1 amide bonds. The van der Waals surface area contributed by atoms with Crippen molar-refractivity contribution < 1.29 is 19.4 Å². The third-order valence-electron chi connectivity index (χ3n) is 3.63. The van der Waals surface area contributed by atoms with Crippen molar-refractivity contribution in [3.8, 4) is 11.5 Å². The summed E-state index contributed by atoms with van der Waals surface area (Å²) in [5, 5.41) is 15.7. The van der Waals surface area contributed by atoms with Crippen molar-refractivity contribution in [1.82, 2.24) is 10.6 Å². The average molecular weight is 308 g/mol. The van der Waals surface area contributed by atoms with Gasteiger partial charge >= 0.3 is 0 Å². The molecule has 2 atom stereocenters. The number of benzene rings is 1. The van der Waals surface area contributed by atoms with Gasteiger partial charge in [-0.25, -0.2) is 0 Å². The predicted molar refractivity (Wildman–Crippen MR) is 83.5 cm³/mol. The molecule has 1 saturated heterocycles. The van der Waals surface area contributed by atoms with E-state index in [1.165, 1.54) is 0 Å². The zero-order valence-corrected chi connectivity index (χ0v) is 13.1. The van der Waals surface area contributed by atoms with Gasteiger partial charge in [0.05, 0.1) is 19.3 Å². The van der Waals surface area contributed by atoms with Gasteiger partial charge < -0.3 is 25.2 Å². The fourth-order valence-corrected chi connectivity index (χ4v) is 2.45. The number of carbonyl (C=O) groups is 1. The zero-order valence-electron chi connectivity index (χ0n) is 13.1. The highest BCUT2D eigenvalue weighted by atomic mass is 16.5. The summed E-state index contributed by atoms with van der Waals surface area (Å²) in [7, 11) is 0. The summed E-state index contributed by atoms with van der Waals surface area (Å²) in [5.41, 5.74) is 0.521. The summed E-state index contributed by atoms with van der Waals surface area (Å²) in [5.74, 6) is 1.08. The monoisotopic (exact) mass is 308 g/mol. The number of aliphatic hydroxyl groups excluding tert-OH is 1. The highest BCUT2D eigenvalue weighted by Gasteiger charge is 2.25. The third kappa shape index (κ3) is 4.11. The molecule has 1 fully saturated rings. The second-order valence-electron chi connectivity index (χ2n) is 5.22. The van der Waals surface area contributed by atoms with Crippen LogP contribution in [0, 0.1) is 5.92 Å². The van der Waals surface area contributed by atoms with Crippen LogP contribution >= 0.6 is 0 Å². The van der Waals surface area contributed by atoms with Crippen molar-refractivity contribution in [3.63, 3.8) is 0 Å². The Kier molecular flexibility index (Phi) is 6.03. The first-order chi connectivity index (χ1) is 10.7. The molecular weight excluding hydrogens is 284 g/mol. The second-order valence-corrected chi connectivity index (χ2v) is 5.22. The van der Waals surface area contributed by atoms with Gasteiger partial charge in [-0.3, -0.25) is 4.79 Å². The number of carbonyl (C=O) groups excluding carboxylic acids is 1. The Morgan fingerprint density at radius 3 is 2.64 bits per heavy atom. The highest BCUT2D eigenvalue weighted by Crippen LogP contribution is 2.28. The molecule has 0 aliphatic carbocycles. The van der Waals surface area contributed by atoms with E-state index in [9.17, 15) is 9.90 Å². The highest BCUT2D eigenvalue weighted by molar-refractivity contribution is 5.94. The minimum absolute atomic E-state index is 0.0537. The van der Waals surface area contributed by atoms with Gasteiger partial charge in [0.25, 0.3) is 5.91 Å². The molecule has 3 N–H and O–H groups in total. The molecule has 122 valence electrons. The van der Waals surface area contributed by atoms with Crippen LogP contribution in [-0.4, -0.2) is 50.0 Å². The zero-order chi connectivity index (χ0) is 15.9. The number of amides is 1. The van der Waals surface area contributed by atoms with E-state index < -0.39 is 6.10 Å². The first-order valence-electron chi connectivity index (χ1n) is 7.72. The summed E-state index contributed by atoms with van der Waals surface area (Å²) in [6, 6.07) is 5.15. The van der Waals surface area contributed by atoms with Gasteiger partial charge in [-0.1, -0.05) is 0 Å². The van der Waals surface area contributed by atoms with E-state index in [-0.39, 0.29) is 11.8 Å². The molecule has 6 heteroatoms. The largest absolute Gasteiger partial charge is 0.490 e. The average Bonchev–Trinajstić information content (AvgIpc) is 2.92. The van der Waals surface area contributed by atoms with Gasteiger partial charge in [0.2, 0.25) is 0 Å². The quantitative estimate of drug-likeness (QED) is 0.694. The molecule has 1 heterocycles. The van der Waals surface area contributed by atoms with E-state index in [1.807, 2.05) is 13.8 Å². The molecule has 6 nitrogen and oxygen atoms in total. The molecule has 0 spiro atoms. The maximum absolute atomic E-state index is 12.2. The van der Waals surface area contributed by atoms with E-state index in [1.54, 1.807) is 18.2 Å². The Labute approximate surface area is 130 Å². The summed E-state index contributed by atoms with van der Waals surface area (Å²) in [4.78, 5) is 12.2. The molecule has 0 radical (unpaired) electrons. The second kappa shape index (κ2) is 8.00. The van der Waals surface area contributed by atoms with Crippen molar-refractivity contribution in [1.29, 1.82) is 0 Å². The van der Waals surface area contributed by atoms with Gasteiger partial charge in [0.15, 0.2) is 11.5 Å². The smallest absolute Gasteiger partial charge is 0.251 e. The standard InChI is InChI=1S/C16H24N2O4/c1-3-21-14-6-5-11(7-15(14)22-4-2)16(20)18-9-12-8-17-10-13(12)19/h5-7,12-13,17,19H,3-4,8-10H2,1-2H3,(H,18,20). The first-order valence-corrected chi connectivity index (χ1v) is 7.72. The Morgan fingerprint density at radius 1 is 1.27 bits per heavy atom. The normalized spacial score (nSPS) is 20.7. The van der Waals surface area contributed by atoms with Crippen LogP contribution < -0.4 is 20.1 Å². The number of nitrogens with one attached hydrogen (secondary N) is 2. The SMILES string of the molecule is CCOc1ccc(C(=O)NCC2CNCC2O)cc1OCC. The number of β-amino-alcohol motifs (C(OH)–C–C–N with tert-alkyl or cyclic N) is 1. The molecule has 1 aromatic carbocycles. The van der Waals surface area contributed by atoms with Gasteiger partial charge in [-0.05, 0) is 32.0 Å². The van der Waals surface area contributed by atoms with Crippen molar-refractivity contribution in [2.24, 2.45) is 5.92 Å². The molecule has 1 aliphatic rings. The van der Waals surface area contributed by atoms with Crippen LogP contribution in [0.2, 0.25) is 0 Å². The van der Waals surface area contributed by atoms with E-state index in [0.717, 1.165) is 6.54 Å². The van der Waals surface area contributed by atoms with Crippen molar-refractivity contribution in [2.45, 2.75) is 20.0 Å². The topological polar surface area (TPSA) is 79.8 Å². The lowest BCUT2D eigenvalue weighted by atomic mass is 10.1. The summed E-state index contributed by atoms with van der Waals surface area (Å²) >= 11 is 0. The van der Waals surface area contributed by atoms with Gasteiger partial charge in [0.1, 0.15) is 0 Å². The van der Waals surface area contributed by atoms with Crippen molar-refractivity contribution in [3.05, 3.63) is 23.8 Å². The Morgan fingerprint density at radius 2 is 2.00 bits per heavy atom. The number of ether oxygens (including phenoxy) is 2. The Balaban J connectivity index is 2.00. The maximum atomic E-state index is 12.2. The fraction of sp³-hybridized carbons (Fsp3) is 0.562. The Hall–Kier alpha value is -1.79. The fourth-order valence-electron chi connectivity index (χ4n) is 2.45. The minimum Gasteiger partial charge on any atom is -0.490 e. The lowest BCUT2D eigenvalue weighted by Gasteiger charge is -2.15. The maximum Gasteiger partial charge on any atom is 0.251 e. The number of hydrogen-bond acceptors (Lipinski definition) is 5. The molecule has 1 aliphatic heterocycles. The van der Waals surface area contributed by atoms with Crippen LogP contribution in [0.1, 0.15) is 24.2 Å². The molecule has 2 rings (SSSR count). The lowest BCUT2D eigenvalue weighted by Crippen LogP contribution is -2.34. The lowest BCUT2D eigenvalue weighted by molar-refractivity contribution is 0.0926. The Bertz CT molecular complexity index is 507. The summed E-state index contributed by atoms with van der Waals surface area (Å²) < 4.78 is 11.0. The molecule has 0 aromatic heterocycles. The van der Waals surface area contributed by atoms with Crippen LogP contribution in [0.3, 0.4) is 0 Å². The number of hydrogen-bond donors (Lipinski definition) is 3. The van der Waals surface area contributed by atoms with Crippen LogP contribution in [0.25, 0.3) is 0 Å². The molecular formula is C16H24N2O4. The first kappa shape index (κ1) is 16.6. The van der Waals surface area contributed by atoms with Crippen LogP contribution in [0.15, 0.2) is 18.2 Å². The molecule has 2 unspecified atom stereocenters. The number of rotatable bonds is 7.